The molecule has 0 atom stereocenters. The van der Waals surface area contributed by atoms with Gasteiger partial charge in [0, 0.05) is 40.4 Å². The summed E-state index contributed by atoms with van der Waals surface area (Å²) in [5.41, 5.74) is 3.09. The number of rotatable bonds is 7. The predicted molar refractivity (Wildman–Crippen MR) is 143 cm³/mol. The molecule has 2 aromatic heterocycles. The van der Waals surface area contributed by atoms with Crippen LogP contribution in [0.15, 0.2) is 76.7 Å². The number of carbonyl (C=O) groups excluding carboxylic acids is 2. The van der Waals surface area contributed by atoms with Gasteiger partial charge in [0.05, 0.1) is 16.8 Å². The van der Waals surface area contributed by atoms with Crippen LogP contribution in [0.1, 0.15) is 48.9 Å². The highest BCUT2D eigenvalue weighted by Gasteiger charge is 2.12. The number of aromatic amines is 1. The van der Waals surface area contributed by atoms with Crippen molar-refractivity contribution in [1.29, 1.82) is 0 Å². The fourth-order valence-electron chi connectivity index (χ4n) is 3.09. The molecule has 0 unspecified atom stereocenters. The van der Waals surface area contributed by atoms with E-state index in [1.807, 2.05) is 66.7 Å². The van der Waals surface area contributed by atoms with Crippen molar-refractivity contribution in [1.82, 2.24) is 15.5 Å². The molecule has 6 nitrogen and oxygen atoms in total. The Morgan fingerprint density at radius 2 is 1.86 bits per heavy atom. The Bertz CT molecular complexity index is 1330. The van der Waals surface area contributed by atoms with Gasteiger partial charge in [-0.2, -0.15) is 5.10 Å². The third kappa shape index (κ3) is 6.90. The summed E-state index contributed by atoms with van der Waals surface area (Å²) in [5.74, 6) is 0.775. The van der Waals surface area contributed by atoms with Crippen molar-refractivity contribution in [3.05, 3.63) is 83.8 Å². The normalized spacial score (nSPS) is 10.9. The van der Waals surface area contributed by atoms with Gasteiger partial charge in [-0.1, -0.05) is 51.1 Å². The molecule has 0 aliphatic rings. The number of hydrogen-bond donors (Lipinski definition) is 2. The van der Waals surface area contributed by atoms with Gasteiger partial charge in [0.25, 0.3) is 5.91 Å². The Kier molecular flexibility index (Phi) is 9.38. The van der Waals surface area contributed by atoms with Crippen molar-refractivity contribution in [3.63, 3.8) is 0 Å². The van der Waals surface area contributed by atoms with Crippen molar-refractivity contribution < 1.29 is 14.2 Å². The van der Waals surface area contributed by atoms with Crippen LogP contribution >= 0.6 is 11.8 Å². The number of hydrogen-bond acceptors (Lipinski definition) is 4. The maximum atomic E-state index is 12.1. The van der Waals surface area contributed by atoms with Crippen LogP contribution in [0.3, 0.4) is 0 Å². The minimum Gasteiger partial charge on any atom is -0.355 e. The number of benzene rings is 2. The highest BCUT2D eigenvalue weighted by atomic mass is 32.2. The van der Waals surface area contributed by atoms with Crippen LogP contribution in [0, 0.1) is 5.92 Å². The van der Waals surface area contributed by atoms with E-state index in [2.05, 4.69) is 36.3 Å². The average molecular weight is 488 g/mol. The summed E-state index contributed by atoms with van der Waals surface area (Å²) in [7, 11) is 1.63. The Hall–Kier alpha value is -3.71. The molecule has 0 aliphatic carbocycles. The largest absolute Gasteiger partial charge is 0.380 e. The summed E-state index contributed by atoms with van der Waals surface area (Å²) < 4.78 is 1.50. The standard InChI is InChI=1S/C23H18N4O2S.C5H12/c1-24-23(29)19-7-2-3-8-22(19)30-17-10-11-18-20(25-26-21(18)14-17)12-9-16-6-4-5-13-27(16)15-28;1-4-5(2)3/h2-15H,1H3,(H,24,29);5H,4H2,1-3H3/p+1. The number of H-pyrrole nitrogens is 1. The molecule has 0 bridgehead atoms. The van der Waals surface area contributed by atoms with Gasteiger partial charge >= 0.3 is 6.41 Å². The van der Waals surface area contributed by atoms with Gasteiger partial charge in [-0.05, 0) is 48.4 Å². The lowest BCUT2D eigenvalue weighted by Gasteiger charge is -2.08. The third-order valence-corrected chi connectivity index (χ3v) is 6.48. The molecule has 2 aromatic carbocycles. The maximum Gasteiger partial charge on any atom is 0.380 e. The van der Waals surface area contributed by atoms with Gasteiger partial charge in [0.1, 0.15) is 0 Å². The molecule has 4 aromatic rings. The Balaban J connectivity index is 0.000000623. The first-order chi connectivity index (χ1) is 17.0. The van der Waals surface area contributed by atoms with Crippen molar-refractivity contribution in [2.24, 2.45) is 5.92 Å². The maximum absolute atomic E-state index is 12.1. The fraction of sp³-hybridized carbons (Fsp3) is 0.214. The number of amides is 1. The highest BCUT2D eigenvalue weighted by molar-refractivity contribution is 7.99. The number of fused-ring (bicyclic) bond motifs is 1. The lowest BCUT2D eigenvalue weighted by atomic mass is 10.2. The van der Waals surface area contributed by atoms with E-state index in [0.717, 1.165) is 44.4 Å². The van der Waals surface area contributed by atoms with Crippen LogP contribution in [0.2, 0.25) is 0 Å². The molecule has 0 radical (unpaired) electrons. The first-order valence-corrected chi connectivity index (χ1v) is 12.4. The molecular weight excluding hydrogens is 456 g/mol. The van der Waals surface area contributed by atoms with Crippen molar-refractivity contribution in [2.45, 2.75) is 37.0 Å². The first kappa shape index (κ1) is 25.9. The molecule has 2 heterocycles. The van der Waals surface area contributed by atoms with E-state index >= 15 is 0 Å². The molecule has 180 valence electrons. The van der Waals surface area contributed by atoms with E-state index in [1.165, 1.54) is 22.7 Å². The third-order valence-electron chi connectivity index (χ3n) is 5.42. The smallest absolute Gasteiger partial charge is 0.355 e. The molecule has 0 saturated carbocycles. The summed E-state index contributed by atoms with van der Waals surface area (Å²) in [6.07, 6.45) is 7.51. The van der Waals surface area contributed by atoms with Gasteiger partial charge in [0.2, 0.25) is 5.69 Å². The zero-order chi connectivity index (χ0) is 25.2. The number of pyridine rings is 1. The van der Waals surface area contributed by atoms with Crippen molar-refractivity contribution >= 4 is 47.1 Å². The minimum absolute atomic E-state index is 0.110. The zero-order valence-electron chi connectivity index (χ0n) is 20.5. The molecule has 0 saturated heterocycles. The summed E-state index contributed by atoms with van der Waals surface area (Å²) in [6, 6.07) is 19.1. The van der Waals surface area contributed by atoms with Crippen LogP contribution in [0.25, 0.3) is 23.1 Å². The van der Waals surface area contributed by atoms with E-state index in [-0.39, 0.29) is 5.91 Å². The van der Waals surface area contributed by atoms with E-state index in [4.69, 9.17) is 0 Å². The number of aromatic nitrogens is 3. The van der Waals surface area contributed by atoms with Crippen molar-refractivity contribution in [3.8, 4) is 0 Å². The molecule has 0 aliphatic heterocycles. The Morgan fingerprint density at radius 1 is 1.11 bits per heavy atom. The quantitative estimate of drug-likeness (QED) is 0.262. The number of nitrogens with one attached hydrogen (secondary N) is 2. The minimum atomic E-state index is -0.110. The fourth-order valence-corrected chi connectivity index (χ4v) is 4.07. The lowest BCUT2D eigenvalue weighted by molar-refractivity contribution is -0.554. The summed E-state index contributed by atoms with van der Waals surface area (Å²) in [4.78, 5) is 25.1. The molecular formula is C28H31N4O2S+. The SMILES string of the molecule is CCC(C)C.CNC(=O)c1ccccc1Sc1ccc2c(/C=C/c3cccc[n+]3C=O)n[nH]c2c1. The van der Waals surface area contributed by atoms with Gasteiger partial charge in [0.15, 0.2) is 6.20 Å². The molecule has 2 N–H and O–H groups in total. The van der Waals surface area contributed by atoms with Gasteiger partial charge in [-0.25, -0.2) is 4.79 Å². The molecule has 0 fully saturated rings. The van der Waals surface area contributed by atoms with Crippen LogP contribution in [0.5, 0.6) is 0 Å². The Morgan fingerprint density at radius 3 is 2.57 bits per heavy atom. The molecule has 7 heteroatoms. The number of nitrogens with zero attached hydrogens (tertiary/aromatic N) is 2. The van der Waals surface area contributed by atoms with Crippen LogP contribution in [0.4, 0.5) is 0 Å². The molecule has 0 spiro atoms. The van der Waals surface area contributed by atoms with Gasteiger partial charge in [-0.3, -0.25) is 9.89 Å². The van der Waals surface area contributed by atoms with Gasteiger partial charge < -0.3 is 5.32 Å². The second-order valence-corrected chi connectivity index (χ2v) is 9.38. The average Bonchev–Trinajstić information content (AvgIpc) is 3.30. The van der Waals surface area contributed by atoms with Crippen molar-refractivity contribution in [2.75, 3.05) is 7.05 Å². The lowest BCUT2D eigenvalue weighted by Crippen LogP contribution is -2.35. The van der Waals surface area contributed by atoms with E-state index < -0.39 is 0 Å². The zero-order valence-corrected chi connectivity index (χ0v) is 21.3. The molecule has 35 heavy (non-hydrogen) atoms. The second kappa shape index (κ2) is 12.7. The summed E-state index contributed by atoms with van der Waals surface area (Å²) >= 11 is 1.53. The second-order valence-electron chi connectivity index (χ2n) is 8.27. The van der Waals surface area contributed by atoms with Crippen LogP contribution < -0.4 is 9.88 Å². The number of carbonyl (C=O) groups is 2. The van der Waals surface area contributed by atoms with E-state index in [1.54, 1.807) is 19.3 Å². The van der Waals surface area contributed by atoms with Gasteiger partial charge in [-0.15, -0.1) is 4.57 Å². The summed E-state index contributed by atoms with van der Waals surface area (Å²) in [6.45, 7) is 6.64. The first-order valence-electron chi connectivity index (χ1n) is 11.6. The van der Waals surface area contributed by atoms with E-state index in [9.17, 15) is 9.59 Å². The molecule has 1 amide bonds. The summed E-state index contributed by atoms with van der Waals surface area (Å²) in [5, 5.41) is 11.1. The van der Waals surface area contributed by atoms with Crippen LogP contribution in [-0.4, -0.2) is 29.6 Å². The topological polar surface area (TPSA) is 78.7 Å². The highest BCUT2D eigenvalue weighted by Crippen LogP contribution is 2.32. The monoisotopic (exact) mass is 487 g/mol. The Labute approximate surface area is 210 Å². The van der Waals surface area contributed by atoms with E-state index in [0.29, 0.717) is 5.56 Å². The predicted octanol–water partition coefficient (Wildman–Crippen LogP) is 5.62. The molecule has 4 rings (SSSR count). The van der Waals surface area contributed by atoms with Crippen LogP contribution in [-0.2, 0) is 4.79 Å².